The number of rotatable bonds is 1. The minimum absolute atomic E-state index is 0. The Morgan fingerprint density at radius 2 is 2.36 bits per heavy atom. The van der Waals surface area contributed by atoms with Crippen LogP contribution in [0.1, 0.15) is 6.42 Å². The van der Waals surface area contributed by atoms with E-state index in [9.17, 15) is 4.79 Å². The molecule has 0 bridgehead atoms. The van der Waals surface area contributed by atoms with Gasteiger partial charge in [0.1, 0.15) is 6.04 Å². The summed E-state index contributed by atoms with van der Waals surface area (Å²) < 4.78 is 4.44. The van der Waals surface area contributed by atoms with E-state index >= 15 is 0 Å². The van der Waals surface area contributed by atoms with E-state index in [2.05, 4.69) is 10.1 Å². The number of esters is 1. The van der Waals surface area contributed by atoms with Crippen molar-refractivity contribution in [1.82, 2.24) is 5.32 Å². The molecule has 0 radical (unpaired) electrons. The molecule has 5 heteroatoms. The van der Waals surface area contributed by atoms with Crippen molar-refractivity contribution in [2.45, 2.75) is 18.6 Å². The van der Waals surface area contributed by atoms with E-state index in [4.69, 9.17) is 5.11 Å². The maximum atomic E-state index is 10.8. The van der Waals surface area contributed by atoms with Crippen molar-refractivity contribution in [3.63, 3.8) is 0 Å². The molecule has 1 saturated heterocycles. The molecule has 2 atom stereocenters. The predicted molar refractivity (Wildman–Crippen MR) is 41.7 cm³/mol. The number of aliphatic hydroxyl groups is 1. The second kappa shape index (κ2) is 4.54. The standard InChI is InChI=1S/C6H11NO3.ClH/c1-10-6(9)5-4(8)2-3-7-5;/h4-5,7-8H,2-3H2,1H3;1H. The zero-order valence-electron chi connectivity index (χ0n) is 6.24. The number of carbonyl (C=O) groups is 1. The lowest BCUT2D eigenvalue weighted by Gasteiger charge is -2.10. The second-order valence-corrected chi connectivity index (χ2v) is 2.31. The summed E-state index contributed by atoms with van der Waals surface area (Å²) in [5.41, 5.74) is 0. The average Bonchev–Trinajstić information content (AvgIpc) is 2.34. The fourth-order valence-electron chi connectivity index (χ4n) is 1.06. The van der Waals surface area contributed by atoms with Crippen LogP contribution in [0.2, 0.25) is 0 Å². The van der Waals surface area contributed by atoms with Gasteiger partial charge in [0, 0.05) is 0 Å². The molecule has 4 nitrogen and oxygen atoms in total. The molecule has 2 unspecified atom stereocenters. The first-order valence-corrected chi connectivity index (χ1v) is 3.25. The number of hydrogen-bond acceptors (Lipinski definition) is 4. The average molecular weight is 182 g/mol. The van der Waals surface area contributed by atoms with Crippen molar-refractivity contribution in [3.8, 4) is 0 Å². The number of ether oxygens (including phenoxy) is 1. The summed E-state index contributed by atoms with van der Waals surface area (Å²) in [4.78, 5) is 10.8. The zero-order valence-corrected chi connectivity index (χ0v) is 7.06. The van der Waals surface area contributed by atoms with Gasteiger partial charge in [-0.3, -0.25) is 4.79 Å². The highest BCUT2D eigenvalue weighted by Gasteiger charge is 2.31. The van der Waals surface area contributed by atoms with Gasteiger partial charge in [0.2, 0.25) is 0 Å². The summed E-state index contributed by atoms with van der Waals surface area (Å²) in [6.45, 7) is 0.681. The number of hydrogen-bond donors (Lipinski definition) is 2. The van der Waals surface area contributed by atoms with Gasteiger partial charge in [-0.1, -0.05) is 0 Å². The predicted octanol–water partition coefficient (Wildman–Crippen LogP) is -0.696. The van der Waals surface area contributed by atoms with E-state index < -0.39 is 12.1 Å². The van der Waals surface area contributed by atoms with Crippen LogP contribution in [0.4, 0.5) is 0 Å². The smallest absolute Gasteiger partial charge is 0.325 e. The second-order valence-electron chi connectivity index (χ2n) is 2.31. The molecule has 11 heavy (non-hydrogen) atoms. The van der Waals surface area contributed by atoms with Crippen molar-refractivity contribution in [2.75, 3.05) is 13.7 Å². The minimum Gasteiger partial charge on any atom is -0.468 e. The third-order valence-electron chi connectivity index (χ3n) is 1.64. The summed E-state index contributed by atoms with van der Waals surface area (Å²) in [6.07, 6.45) is 0.0483. The highest BCUT2D eigenvalue weighted by Crippen LogP contribution is 2.07. The lowest BCUT2D eigenvalue weighted by molar-refractivity contribution is -0.144. The Morgan fingerprint density at radius 3 is 2.73 bits per heavy atom. The third kappa shape index (κ3) is 2.32. The molecule has 0 amide bonds. The van der Waals surface area contributed by atoms with Gasteiger partial charge in [0.05, 0.1) is 13.2 Å². The van der Waals surface area contributed by atoms with Gasteiger partial charge in [-0.25, -0.2) is 0 Å². The van der Waals surface area contributed by atoms with Gasteiger partial charge in [-0.15, -0.1) is 12.4 Å². The molecule has 1 fully saturated rings. The first-order valence-electron chi connectivity index (χ1n) is 3.25. The van der Waals surface area contributed by atoms with Crippen molar-refractivity contribution in [1.29, 1.82) is 0 Å². The molecule has 0 saturated carbocycles. The lowest BCUT2D eigenvalue weighted by atomic mass is 10.2. The van der Waals surface area contributed by atoms with Crippen LogP contribution in [-0.2, 0) is 9.53 Å². The van der Waals surface area contributed by atoms with Gasteiger partial charge >= 0.3 is 5.97 Å². The number of nitrogens with one attached hydrogen (secondary N) is 1. The van der Waals surface area contributed by atoms with Crippen molar-refractivity contribution in [3.05, 3.63) is 0 Å². The third-order valence-corrected chi connectivity index (χ3v) is 1.64. The summed E-state index contributed by atoms with van der Waals surface area (Å²) in [5.74, 6) is -0.384. The Kier molecular flexibility index (Phi) is 4.40. The first kappa shape index (κ1) is 10.7. The van der Waals surface area contributed by atoms with E-state index in [-0.39, 0.29) is 18.4 Å². The molecule has 0 aromatic carbocycles. The molecule has 1 heterocycles. The first-order chi connectivity index (χ1) is 4.75. The maximum Gasteiger partial charge on any atom is 0.325 e. The number of carbonyl (C=O) groups excluding carboxylic acids is 1. The monoisotopic (exact) mass is 181 g/mol. The largest absolute Gasteiger partial charge is 0.468 e. The maximum absolute atomic E-state index is 10.8. The fourth-order valence-corrected chi connectivity index (χ4v) is 1.06. The van der Waals surface area contributed by atoms with Crippen LogP contribution in [0, 0.1) is 0 Å². The summed E-state index contributed by atoms with van der Waals surface area (Å²) in [6, 6.07) is -0.509. The van der Waals surface area contributed by atoms with Crippen LogP contribution in [0.3, 0.4) is 0 Å². The van der Waals surface area contributed by atoms with Gasteiger partial charge in [0.15, 0.2) is 0 Å². The Balaban J connectivity index is 0.000001000. The Morgan fingerprint density at radius 1 is 1.73 bits per heavy atom. The van der Waals surface area contributed by atoms with E-state index in [1.54, 1.807) is 0 Å². The van der Waals surface area contributed by atoms with Gasteiger partial charge < -0.3 is 15.2 Å². The fraction of sp³-hybridized carbons (Fsp3) is 0.833. The highest BCUT2D eigenvalue weighted by atomic mass is 35.5. The molecule has 1 aliphatic heterocycles. The zero-order chi connectivity index (χ0) is 7.56. The van der Waals surface area contributed by atoms with E-state index in [0.717, 1.165) is 0 Å². The highest BCUT2D eigenvalue weighted by molar-refractivity contribution is 5.85. The van der Waals surface area contributed by atoms with Gasteiger partial charge in [-0.2, -0.15) is 0 Å². The SMILES string of the molecule is COC(=O)C1NCCC1O.Cl. The molecule has 0 aromatic rings. The normalized spacial score (nSPS) is 29.3. The van der Waals surface area contributed by atoms with Crippen LogP contribution < -0.4 is 5.32 Å². The van der Waals surface area contributed by atoms with Crippen molar-refractivity contribution < 1.29 is 14.6 Å². The van der Waals surface area contributed by atoms with Crippen molar-refractivity contribution in [2.24, 2.45) is 0 Å². The molecule has 1 rings (SSSR count). The van der Waals surface area contributed by atoms with Crippen LogP contribution >= 0.6 is 12.4 Å². The molecule has 2 N–H and O–H groups in total. The molecule has 0 spiro atoms. The van der Waals surface area contributed by atoms with Gasteiger partial charge in [0.25, 0.3) is 0 Å². The van der Waals surface area contributed by atoms with E-state index in [1.165, 1.54) is 7.11 Å². The number of methoxy groups -OCH3 is 1. The number of aliphatic hydroxyl groups excluding tert-OH is 1. The molecular formula is C6H12ClNO3. The molecular weight excluding hydrogens is 170 g/mol. The lowest BCUT2D eigenvalue weighted by Crippen LogP contribution is -2.39. The molecule has 1 aliphatic rings. The van der Waals surface area contributed by atoms with Crippen LogP contribution in [0.25, 0.3) is 0 Å². The summed E-state index contributed by atoms with van der Waals surface area (Å²) in [7, 11) is 1.31. The van der Waals surface area contributed by atoms with Crippen LogP contribution in [0.5, 0.6) is 0 Å². The summed E-state index contributed by atoms with van der Waals surface area (Å²) in [5, 5.41) is 12.0. The van der Waals surface area contributed by atoms with E-state index in [0.29, 0.717) is 13.0 Å². The Hall–Kier alpha value is -0.320. The molecule has 66 valence electrons. The molecule has 0 aliphatic carbocycles. The molecule has 0 aromatic heterocycles. The topological polar surface area (TPSA) is 58.6 Å². The number of halogens is 1. The quantitative estimate of drug-likeness (QED) is 0.526. The van der Waals surface area contributed by atoms with Gasteiger partial charge in [-0.05, 0) is 13.0 Å². The Bertz CT molecular complexity index is 142. The Labute approximate surface area is 71.3 Å². The van der Waals surface area contributed by atoms with E-state index in [1.807, 2.05) is 0 Å². The van der Waals surface area contributed by atoms with Crippen LogP contribution in [0.15, 0.2) is 0 Å². The summed E-state index contributed by atoms with van der Waals surface area (Å²) >= 11 is 0. The minimum atomic E-state index is -0.576. The van der Waals surface area contributed by atoms with Crippen LogP contribution in [-0.4, -0.2) is 36.9 Å². The van der Waals surface area contributed by atoms with Crippen molar-refractivity contribution >= 4 is 18.4 Å².